The predicted octanol–water partition coefficient (Wildman–Crippen LogP) is 4.88. The lowest BCUT2D eigenvalue weighted by molar-refractivity contribution is -0.144. The Bertz CT molecular complexity index is 499. The highest BCUT2D eigenvalue weighted by atomic mass is 16.4. The van der Waals surface area contributed by atoms with Crippen molar-refractivity contribution >= 4 is 5.97 Å². The van der Waals surface area contributed by atoms with Crippen LogP contribution in [0, 0.1) is 17.3 Å². The smallest absolute Gasteiger partial charge is 0.307 e. The molecular weight excluding hydrogens is 260 g/mol. The van der Waals surface area contributed by atoms with Crippen LogP contribution in [0.15, 0.2) is 24.3 Å². The van der Waals surface area contributed by atoms with Crippen molar-refractivity contribution in [2.24, 2.45) is 17.3 Å². The lowest BCUT2D eigenvalue weighted by atomic mass is 9.64. The fourth-order valence-corrected chi connectivity index (χ4v) is 3.66. The molecule has 0 radical (unpaired) electrons. The Balaban J connectivity index is 2.31. The molecule has 0 saturated heterocycles. The lowest BCUT2D eigenvalue weighted by Crippen LogP contribution is -2.34. The molecule has 1 N–H and O–H groups in total. The van der Waals surface area contributed by atoms with Gasteiger partial charge in [0.2, 0.25) is 0 Å². The van der Waals surface area contributed by atoms with Crippen molar-refractivity contribution < 1.29 is 9.90 Å². The first-order valence-corrected chi connectivity index (χ1v) is 8.14. The van der Waals surface area contributed by atoms with E-state index in [1.165, 1.54) is 11.1 Å². The van der Waals surface area contributed by atoms with Gasteiger partial charge in [-0.1, -0.05) is 52.0 Å². The predicted molar refractivity (Wildman–Crippen MR) is 86.5 cm³/mol. The molecule has 0 bridgehead atoms. The van der Waals surface area contributed by atoms with E-state index < -0.39 is 5.97 Å². The average molecular weight is 288 g/mol. The van der Waals surface area contributed by atoms with Crippen LogP contribution in [-0.4, -0.2) is 11.1 Å². The molecular formula is C19H28O2. The molecule has 0 heterocycles. The van der Waals surface area contributed by atoms with Gasteiger partial charge in [0.1, 0.15) is 0 Å². The Morgan fingerprint density at radius 3 is 2.57 bits per heavy atom. The largest absolute Gasteiger partial charge is 0.481 e. The summed E-state index contributed by atoms with van der Waals surface area (Å²) in [5.41, 5.74) is 2.77. The number of carbonyl (C=O) groups is 1. The first-order valence-electron chi connectivity index (χ1n) is 8.14. The summed E-state index contributed by atoms with van der Waals surface area (Å²) < 4.78 is 0. The van der Waals surface area contributed by atoms with Gasteiger partial charge in [-0.2, -0.15) is 0 Å². The molecule has 0 aromatic heterocycles. The molecule has 3 unspecified atom stereocenters. The second kappa shape index (κ2) is 6.21. The maximum absolute atomic E-state index is 11.6. The van der Waals surface area contributed by atoms with Crippen molar-refractivity contribution in [1.29, 1.82) is 0 Å². The third kappa shape index (κ3) is 3.66. The van der Waals surface area contributed by atoms with Gasteiger partial charge in [-0.05, 0) is 54.1 Å². The minimum Gasteiger partial charge on any atom is -0.481 e. The standard InChI is InChI=1S/C19H28O2/c1-5-13-7-6-8-14(11-13)17-12-15(19(2,3)4)9-10-16(17)18(20)21/h6-8,11,15-17H,5,9-10,12H2,1-4H3,(H,20,21). The fraction of sp³-hybridized carbons (Fsp3) is 0.632. The van der Waals surface area contributed by atoms with Gasteiger partial charge in [0, 0.05) is 0 Å². The van der Waals surface area contributed by atoms with Crippen LogP contribution >= 0.6 is 0 Å². The summed E-state index contributed by atoms with van der Waals surface area (Å²) in [6.07, 6.45) is 3.83. The normalized spacial score (nSPS) is 26.6. The van der Waals surface area contributed by atoms with Crippen LogP contribution in [0.2, 0.25) is 0 Å². The summed E-state index contributed by atoms with van der Waals surface area (Å²) in [6.45, 7) is 8.97. The molecule has 1 aromatic carbocycles. The zero-order valence-corrected chi connectivity index (χ0v) is 13.7. The Labute approximate surface area is 128 Å². The van der Waals surface area contributed by atoms with Crippen molar-refractivity contribution in [1.82, 2.24) is 0 Å². The molecule has 2 nitrogen and oxygen atoms in total. The van der Waals surface area contributed by atoms with Crippen molar-refractivity contribution in [2.45, 2.75) is 59.3 Å². The molecule has 0 aliphatic heterocycles. The van der Waals surface area contributed by atoms with Crippen LogP contribution in [0.5, 0.6) is 0 Å². The van der Waals surface area contributed by atoms with Crippen molar-refractivity contribution in [3.8, 4) is 0 Å². The molecule has 1 aliphatic rings. The molecule has 2 rings (SSSR count). The van der Waals surface area contributed by atoms with E-state index in [1.54, 1.807) is 0 Å². The highest BCUT2D eigenvalue weighted by Crippen LogP contribution is 2.47. The number of carboxylic acid groups (broad SMARTS) is 1. The lowest BCUT2D eigenvalue weighted by Gasteiger charge is -2.40. The van der Waals surface area contributed by atoms with Crippen LogP contribution < -0.4 is 0 Å². The SMILES string of the molecule is CCc1cccc(C2CC(C(C)(C)C)CCC2C(=O)O)c1. The first-order chi connectivity index (χ1) is 9.82. The zero-order chi connectivity index (χ0) is 15.6. The van der Waals surface area contributed by atoms with Gasteiger partial charge in [-0.15, -0.1) is 0 Å². The van der Waals surface area contributed by atoms with E-state index in [0.717, 1.165) is 25.7 Å². The third-order valence-corrected chi connectivity index (χ3v) is 5.18. The molecule has 3 atom stereocenters. The van der Waals surface area contributed by atoms with Gasteiger partial charge in [0.05, 0.1) is 5.92 Å². The van der Waals surface area contributed by atoms with Crippen LogP contribution in [0.3, 0.4) is 0 Å². The van der Waals surface area contributed by atoms with Gasteiger partial charge in [-0.25, -0.2) is 0 Å². The Kier molecular flexibility index (Phi) is 4.75. The summed E-state index contributed by atoms with van der Waals surface area (Å²) in [5, 5.41) is 9.59. The van der Waals surface area contributed by atoms with Crippen LogP contribution in [0.1, 0.15) is 64.0 Å². The molecule has 1 fully saturated rings. The maximum Gasteiger partial charge on any atom is 0.307 e. The number of hydrogen-bond donors (Lipinski definition) is 1. The Morgan fingerprint density at radius 2 is 2.00 bits per heavy atom. The van der Waals surface area contributed by atoms with Gasteiger partial charge in [-0.3, -0.25) is 4.79 Å². The van der Waals surface area contributed by atoms with Gasteiger partial charge in [0.15, 0.2) is 0 Å². The molecule has 1 aliphatic carbocycles. The Morgan fingerprint density at radius 1 is 1.29 bits per heavy atom. The number of rotatable bonds is 3. The van der Waals surface area contributed by atoms with Crippen LogP contribution in [0.4, 0.5) is 0 Å². The summed E-state index contributed by atoms with van der Waals surface area (Å²) >= 11 is 0. The number of hydrogen-bond acceptors (Lipinski definition) is 1. The highest BCUT2D eigenvalue weighted by molar-refractivity contribution is 5.71. The van der Waals surface area contributed by atoms with E-state index in [1.807, 2.05) is 0 Å². The van der Waals surface area contributed by atoms with Crippen LogP contribution in [-0.2, 0) is 11.2 Å². The molecule has 116 valence electrons. The minimum absolute atomic E-state index is 0.159. The summed E-state index contributed by atoms with van der Waals surface area (Å²) in [6, 6.07) is 8.54. The number of benzene rings is 1. The van der Waals surface area contributed by atoms with Crippen LogP contribution in [0.25, 0.3) is 0 Å². The molecule has 0 amide bonds. The third-order valence-electron chi connectivity index (χ3n) is 5.18. The second-order valence-corrected chi connectivity index (χ2v) is 7.53. The Hall–Kier alpha value is -1.31. The van der Waals surface area contributed by atoms with Crippen molar-refractivity contribution in [3.05, 3.63) is 35.4 Å². The van der Waals surface area contributed by atoms with Gasteiger partial charge < -0.3 is 5.11 Å². The fourth-order valence-electron chi connectivity index (χ4n) is 3.66. The van der Waals surface area contributed by atoms with E-state index in [0.29, 0.717) is 5.92 Å². The topological polar surface area (TPSA) is 37.3 Å². The summed E-state index contributed by atoms with van der Waals surface area (Å²) in [5.74, 6) is -0.0969. The van der Waals surface area contributed by atoms with E-state index >= 15 is 0 Å². The number of aryl methyl sites for hydroxylation is 1. The van der Waals surface area contributed by atoms with E-state index in [9.17, 15) is 9.90 Å². The van der Waals surface area contributed by atoms with Crippen molar-refractivity contribution in [2.75, 3.05) is 0 Å². The minimum atomic E-state index is -0.630. The zero-order valence-electron chi connectivity index (χ0n) is 13.7. The van der Waals surface area contributed by atoms with Crippen molar-refractivity contribution in [3.63, 3.8) is 0 Å². The van der Waals surface area contributed by atoms with E-state index in [2.05, 4.69) is 52.0 Å². The van der Waals surface area contributed by atoms with Gasteiger partial charge in [0.25, 0.3) is 0 Å². The second-order valence-electron chi connectivity index (χ2n) is 7.53. The molecule has 1 aromatic rings. The maximum atomic E-state index is 11.6. The molecule has 1 saturated carbocycles. The molecule has 0 spiro atoms. The average Bonchev–Trinajstić information content (AvgIpc) is 2.45. The highest BCUT2D eigenvalue weighted by Gasteiger charge is 2.39. The molecule has 2 heteroatoms. The molecule has 21 heavy (non-hydrogen) atoms. The monoisotopic (exact) mass is 288 g/mol. The quantitative estimate of drug-likeness (QED) is 0.860. The van der Waals surface area contributed by atoms with E-state index in [-0.39, 0.29) is 17.3 Å². The summed E-state index contributed by atoms with van der Waals surface area (Å²) in [7, 11) is 0. The van der Waals surface area contributed by atoms with E-state index in [4.69, 9.17) is 0 Å². The number of carboxylic acids is 1. The number of aliphatic carboxylic acids is 1. The first kappa shape index (κ1) is 16.1. The van der Waals surface area contributed by atoms with Gasteiger partial charge >= 0.3 is 5.97 Å². The summed E-state index contributed by atoms with van der Waals surface area (Å²) in [4.78, 5) is 11.6.